The maximum absolute atomic E-state index is 11.2. The maximum atomic E-state index is 11.2. The number of carbonyl (C=O) groups excluding carboxylic acids is 1. The van der Waals surface area contributed by atoms with E-state index in [2.05, 4.69) is 15.6 Å². The van der Waals surface area contributed by atoms with Crippen molar-refractivity contribution < 1.29 is 4.79 Å². The van der Waals surface area contributed by atoms with Crippen molar-refractivity contribution in [1.29, 1.82) is 0 Å². The molecule has 1 aromatic heterocycles. The van der Waals surface area contributed by atoms with Crippen molar-refractivity contribution in [3.05, 3.63) is 36.2 Å². The van der Waals surface area contributed by atoms with E-state index in [1.807, 2.05) is 12.1 Å². The third-order valence-corrected chi connectivity index (χ3v) is 1.99. The molecule has 0 saturated carbocycles. The van der Waals surface area contributed by atoms with Gasteiger partial charge in [-0.15, -0.1) is 0 Å². The molecule has 0 atom stereocenters. The molecular weight excluding hydrogens is 178 g/mol. The van der Waals surface area contributed by atoms with Gasteiger partial charge in [0.2, 0.25) is 5.91 Å². The summed E-state index contributed by atoms with van der Waals surface area (Å²) >= 11 is 0. The molecule has 0 bridgehead atoms. The van der Waals surface area contributed by atoms with E-state index in [-0.39, 0.29) is 5.91 Å². The lowest BCUT2D eigenvalue weighted by Gasteiger charge is -2.06. The molecule has 1 aromatic rings. The number of nitrogens with one attached hydrogen (secondary N) is 2. The first-order chi connectivity index (χ1) is 6.86. The highest BCUT2D eigenvalue weighted by molar-refractivity contribution is 5.95. The van der Waals surface area contributed by atoms with Crippen LogP contribution in [0.25, 0.3) is 5.70 Å². The SMILES string of the molecule is O=C1C=C(c2cccnc2)NCCN1. The number of nitrogens with zero attached hydrogens (tertiary/aromatic N) is 1. The average molecular weight is 189 g/mol. The quantitative estimate of drug-likeness (QED) is 0.660. The Hall–Kier alpha value is -1.84. The number of pyridine rings is 1. The molecule has 1 aliphatic heterocycles. The van der Waals surface area contributed by atoms with Gasteiger partial charge in [0.1, 0.15) is 0 Å². The van der Waals surface area contributed by atoms with Crippen LogP contribution in [0.4, 0.5) is 0 Å². The zero-order valence-electron chi connectivity index (χ0n) is 7.66. The van der Waals surface area contributed by atoms with Crippen molar-refractivity contribution in [1.82, 2.24) is 15.6 Å². The van der Waals surface area contributed by atoms with Gasteiger partial charge < -0.3 is 10.6 Å². The van der Waals surface area contributed by atoms with Crippen molar-refractivity contribution in [2.24, 2.45) is 0 Å². The Bertz CT molecular complexity index is 359. The van der Waals surface area contributed by atoms with E-state index in [4.69, 9.17) is 0 Å². The molecule has 4 heteroatoms. The third kappa shape index (κ3) is 1.90. The van der Waals surface area contributed by atoms with Crippen LogP contribution in [0.15, 0.2) is 30.6 Å². The Morgan fingerprint density at radius 2 is 2.14 bits per heavy atom. The number of carbonyl (C=O) groups is 1. The van der Waals surface area contributed by atoms with Crippen LogP contribution >= 0.6 is 0 Å². The topological polar surface area (TPSA) is 54.0 Å². The Balaban J connectivity index is 2.28. The van der Waals surface area contributed by atoms with E-state index < -0.39 is 0 Å². The van der Waals surface area contributed by atoms with Crippen molar-refractivity contribution in [3.63, 3.8) is 0 Å². The first-order valence-corrected chi connectivity index (χ1v) is 4.50. The van der Waals surface area contributed by atoms with Gasteiger partial charge in [-0.3, -0.25) is 9.78 Å². The van der Waals surface area contributed by atoms with Crippen molar-refractivity contribution >= 4 is 11.6 Å². The first-order valence-electron chi connectivity index (χ1n) is 4.50. The fourth-order valence-electron chi connectivity index (χ4n) is 1.32. The van der Waals surface area contributed by atoms with Crippen LogP contribution in [0.2, 0.25) is 0 Å². The molecule has 1 aliphatic rings. The molecule has 14 heavy (non-hydrogen) atoms. The molecule has 0 fully saturated rings. The van der Waals surface area contributed by atoms with Gasteiger partial charge in [-0.25, -0.2) is 0 Å². The lowest BCUT2D eigenvalue weighted by Crippen LogP contribution is -2.25. The second-order valence-electron chi connectivity index (χ2n) is 3.02. The summed E-state index contributed by atoms with van der Waals surface area (Å²) in [4.78, 5) is 15.2. The summed E-state index contributed by atoms with van der Waals surface area (Å²) in [5.74, 6) is -0.0612. The van der Waals surface area contributed by atoms with E-state index in [1.165, 1.54) is 0 Å². The van der Waals surface area contributed by atoms with Gasteiger partial charge >= 0.3 is 0 Å². The molecule has 1 amide bonds. The molecular formula is C10H11N3O. The van der Waals surface area contributed by atoms with Crippen molar-refractivity contribution in [2.45, 2.75) is 0 Å². The van der Waals surface area contributed by atoms with Crippen LogP contribution in [0.1, 0.15) is 5.56 Å². The Labute approximate surface area is 82.0 Å². The third-order valence-electron chi connectivity index (χ3n) is 1.99. The minimum atomic E-state index is -0.0612. The van der Waals surface area contributed by atoms with Crippen LogP contribution < -0.4 is 10.6 Å². The molecule has 0 unspecified atom stereocenters. The fraction of sp³-hybridized carbons (Fsp3) is 0.200. The molecule has 0 spiro atoms. The lowest BCUT2D eigenvalue weighted by molar-refractivity contribution is -0.116. The Morgan fingerprint density at radius 3 is 2.93 bits per heavy atom. The molecule has 2 rings (SSSR count). The summed E-state index contributed by atoms with van der Waals surface area (Å²) in [6, 6.07) is 3.77. The van der Waals surface area contributed by atoms with Gasteiger partial charge in [0.25, 0.3) is 0 Å². The number of rotatable bonds is 1. The van der Waals surface area contributed by atoms with E-state index in [1.54, 1.807) is 18.5 Å². The zero-order valence-corrected chi connectivity index (χ0v) is 7.66. The summed E-state index contributed by atoms with van der Waals surface area (Å²) in [6.07, 6.45) is 5.00. The molecule has 72 valence electrons. The Kier molecular flexibility index (Phi) is 2.44. The van der Waals surface area contributed by atoms with Crippen LogP contribution in [0, 0.1) is 0 Å². The lowest BCUT2D eigenvalue weighted by atomic mass is 10.2. The number of hydrogen-bond acceptors (Lipinski definition) is 3. The summed E-state index contributed by atoms with van der Waals surface area (Å²) in [5, 5.41) is 5.91. The number of hydrogen-bond donors (Lipinski definition) is 2. The van der Waals surface area contributed by atoms with Gasteiger partial charge in [-0.1, -0.05) is 0 Å². The standard InChI is InChI=1S/C10H11N3O/c14-10-6-9(12-4-5-13-10)8-2-1-3-11-7-8/h1-3,6-7,12H,4-5H2,(H,13,14). The van der Waals surface area contributed by atoms with Crippen LogP contribution in [0.5, 0.6) is 0 Å². The van der Waals surface area contributed by atoms with Gasteiger partial charge in [0.05, 0.1) is 0 Å². The van der Waals surface area contributed by atoms with E-state index in [0.717, 1.165) is 17.8 Å². The zero-order chi connectivity index (χ0) is 9.80. The van der Waals surface area contributed by atoms with Crippen molar-refractivity contribution in [3.8, 4) is 0 Å². The monoisotopic (exact) mass is 189 g/mol. The Morgan fingerprint density at radius 1 is 1.29 bits per heavy atom. The van der Waals surface area contributed by atoms with Crippen molar-refractivity contribution in [2.75, 3.05) is 13.1 Å². The molecule has 0 radical (unpaired) electrons. The van der Waals surface area contributed by atoms with E-state index >= 15 is 0 Å². The van der Waals surface area contributed by atoms with Gasteiger partial charge in [0, 0.05) is 42.8 Å². The minimum absolute atomic E-state index is 0.0612. The average Bonchev–Trinajstić information content (AvgIpc) is 2.44. The second kappa shape index (κ2) is 3.91. The smallest absolute Gasteiger partial charge is 0.246 e. The van der Waals surface area contributed by atoms with E-state index in [0.29, 0.717) is 6.54 Å². The summed E-state index contributed by atoms with van der Waals surface area (Å²) < 4.78 is 0. The summed E-state index contributed by atoms with van der Waals surface area (Å²) in [6.45, 7) is 1.39. The molecule has 2 heterocycles. The van der Waals surface area contributed by atoms with Gasteiger partial charge in [-0.05, 0) is 12.1 Å². The molecule has 0 saturated heterocycles. The van der Waals surface area contributed by atoms with Crippen LogP contribution in [0.3, 0.4) is 0 Å². The van der Waals surface area contributed by atoms with Crippen LogP contribution in [-0.2, 0) is 4.79 Å². The first kappa shape index (κ1) is 8.74. The van der Waals surface area contributed by atoms with E-state index in [9.17, 15) is 4.79 Å². The summed E-state index contributed by atoms with van der Waals surface area (Å²) in [5.41, 5.74) is 1.76. The highest BCUT2D eigenvalue weighted by Gasteiger charge is 2.07. The molecule has 0 aromatic carbocycles. The molecule has 2 N–H and O–H groups in total. The summed E-state index contributed by atoms with van der Waals surface area (Å²) in [7, 11) is 0. The number of aromatic nitrogens is 1. The van der Waals surface area contributed by atoms with Crippen LogP contribution in [-0.4, -0.2) is 24.0 Å². The minimum Gasteiger partial charge on any atom is -0.383 e. The normalized spacial score (nSPS) is 16.3. The second-order valence-corrected chi connectivity index (χ2v) is 3.02. The predicted molar refractivity (Wildman–Crippen MR) is 53.2 cm³/mol. The highest BCUT2D eigenvalue weighted by Crippen LogP contribution is 2.09. The molecule has 0 aliphatic carbocycles. The molecule has 4 nitrogen and oxygen atoms in total. The highest BCUT2D eigenvalue weighted by atomic mass is 16.1. The maximum Gasteiger partial charge on any atom is 0.246 e. The fourth-order valence-corrected chi connectivity index (χ4v) is 1.32. The number of amides is 1. The van der Waals surface area contributed by atoms with Gasteiger partial charge in [-0.2, -0.15) is 0 Å². The van der Waals surface area contributed by atoms with Gasteiger partial charge in [0.15, 0.2) is 0 Å². The predicted octanol–water partition coefficient (Wildman–Crippen LogP) is 0.142. The largest absolute Gasteiger partial charge is 0.383 e.